The lowest BCUT2D eigenvalue weighted by Gasteiger charge is -2.19. The number of nitrogens with zero attached hydrogens (tertiary/aromatic N) is 4. The van der Waals surface area contributed by atoms with Gasteiger partial charge in [-0.15, -0.1) is 0 Å². The summed E-state index contributed by atoms with van der Waals surface area (Å²) in [5.74, 6) is 1.49. The van der Waals surface area contributed by atoms with Crippen LogP contribution in [0.2, 0.25) is 0 Å². The minimum atomic E-state index is -0.259. The maximum atomic E-state index is 12.3. The van der Waals surface area contributed by atoms with E-state index in [9.17, 15) is 4.79 Å². The fraction of sp³-hybridized carbons (Fsp3) is 0.533. The normalized spacial score (nSPS) is 20.7. The molecule has 1 saturated heterocycles. The summed E-state index contributed by atoms with van der Waals surface area (Å²) in [7, 11) is 3.73. The zero-order valence-electron chi connectivity index (χ0n) is 13.6. The molecule has 2 aromatic rings. The molecule has 0 bridgehead atoms. The molecule has 1 aliphatic rings. The van der Waals surface area contributed by atoms with Crippen LogP contribution in [0, 0.1) is 0 Å². The first-order chi connectivity index (χ1) is 11.1. The molecular formula is C15H22N6O2. The third-order valence-corrected chi connectivity index (χ3v) is 4.06. The number of carbonyl (C=O) groups excluding carboxylic acids is 1. The Morgan fingerprint density at radius 3 is 2.96 bits per heavy atom. The van der Waals surface area contributed by atoms with E-state index >= 15 is 0 Å². The zero-order chi connectivity index (χ0) is 16.4. The van der Waals surface area contributed by atoms with Gasteiger partial charge in [-0.3, -0.25) is 10.00 Å². The quantitative estimate of drug-likeness (QED) is 0.891. The van der Waals surface area contributed by atoms with E-state index in [2.05, 4.69) is 20.7 Å². The van der Waals surface area contributed by atoms with Crippen molar-refractivity contribution in [2.75, 3.05) is 11.9 Å². The number of carbonyl (C=O) groups is 1. The molecule has 0 spiro atoms. The fourth-order valence-electron chi connectivity index (χ4n) is 2.78. The van der Waals surface area contributed by atoms with Gasteiger partial charge < -0.3 is 14.6 Å². The SMILES string of the molecule is CCc1cc(NC(=O)N[C@H]2CCO[C@@H]2c2nccn2C)n(C)n1. The van der Waals surface area contributed by atoms with Gasteiger partial charge in [-0.25, -0.2) is 9.78 Å². The smallest absolute Gasteiger partial charge is 0.320 e. The molecule has 2 atom stereocenters. The summed E-state index contributed by atoms with van der Waals surface area (Å²) in [4.78, 5) is 16.6. The highest BCUT2D eigenvalue weighted by Gasteiger charge is 2.33. The molecule has 23 heavy (non-hydrogen) atoms. The molecule has 0 radical (unpaired) electrons. The van der Waals surface area contributed by atoms with Gasteiger partial charge in [0, 0.05) is 39.2 Å². The third-order valence-electron chi connectivity index (χ3n) is 4.06. The molecule has 8 nitrogen and oxygen atoms in total. The minimum Gasteiger partial charge on any atom is -0.368 e. The monoisotopic (exact) mass is 318 g/mol. The number of anilines is 1. The number of rotatable bonds is 4. The van der Waals surface area contributed by atoms with Crippen LogP contribution >= 0.6 is 0 Å². The highest BCUT2D eigenvalue weighted by Crippen LogP contribution is 2.27. The van der Waals surface area contributed by atoms with Crippen molar-refractivity contribution in [3.63, 3.8) is 0 Å². The average Bonchev–Trinajstić information content (AvgIpc) is 3.21. The van der Waals surface area contributed by atoms with Crippen LogP contribution in [0.4, 0.5) is 10.6 Å². The number of aryl methyl sites for hydroxylation is 3. The van der Waals surface area contributed by atoms with Gasteiger partial charge in [-0.05, 0) is 12.8 Å². The van der Waals surface area contributed by atoms with Crippen LogP contribution in [0.3, 0.4) is 0 Å². The van der Waals surface area contributed by atoms with Crippen LogP contribution in [0.25, 0.3) is 0 Å². The second kappa shape index (κ2) is 6.41. The molecule has 1 aliphatic heterocycles. The van der Waals surface area contributed by atoms with Gasteiger partial charge >= 0.3 is 6.03 Å². The number of nitrogens with one attached hydrogen (secondary N) is 2. The van der Waals surface area contributed by atoms with Gasteiger partial charge in [0.1, 0.15) is 17.7 Å². The van der Waals surface area contributed by atoms with Crippen LogP contribution in [0.15, 0.2) is 18.5 Å². The second-order valence-electron chi connectivity index (χ2n) is 5.68. The lowest BCUT2D eigenvalue weighted by atomic mass is 10.1. The van der Waals surface area contributed by atoms with Crippen molar-refractivity contribution in [2.45, 2.75) is 31.9 Å². The lowest BCUT2D eigenvalue weighted by Crippen LogP contribution is -2.40. The number of amides is 2. The van der Waals surface area contributed by atoms with E-state index in [4.69, 9.17) is 4.74 Å². The molecular weight excluding hydrogens is 296 g/mol. The number of urea groups is 1. The minimum absolute atomic E-state index is 0.102. The van der Waals surface area contributed by atoms with Crippen LogP contribution in [-0.4, -0.2) is 38.0 Å². The molecule has 0 aromatic carbocycles. The van der Waals surface area contributed by atoms with E-state index in [-0.39, 0.29) is 18.2 Å². The molecule has 3 rings (SSSR count). The topological polar surface area (TPSA) is 86.0 Å². The van der Waals surface area contributed by atoms with E-state index in [0.717, 1.165) is 24.4 Å². The molecule has 1 fully saturated rings. The molecule has 2 aromatic heterocycles. The summed E-state index contributed by atoms with van der Waals surface area (Å²) >= 11 is 0. The summed E-state index contributed by atoms with van der Waals surface area (Å²) in [5.41, 5.74) is 0.942. The van der Waals surface area contributed by atoms with E-state index in [1.54, 1.807) is 10.9 Å². The maximum Gasteiger partial charge on any atom is 0.320 e. The Balaban J connectivity index is 1.65. The van der Waals surface area contributed by atoms with Crippen LogP contribution in [-0.2, 0) is 25.3 Å². The molecule has 2 N–H and O–H groups in total. The Hall–Kier alpha value is -2.35. The Bertz CT molecular complexity index is 692. The zero-order valence-corrected chi connectivity index (χ0v) is 13.6. The summed E-state index contributed by atoms with van der Waals surface area (Å²) < 4.78 is 9.32. The van der Waals surface area contributed by atoms with Gasteiger partial charge in [-0.2, -0.15) is 5.10 Å². The lowest BCUT2D eigenvalue weighted by molar-refractivity contribution is 0.0913. The van der Waals surface area contributed by atoms with Crippen LogP contribution in [0.5, 0.6) is 0 Å². The Labute approximate surface area is 134 Å². The van der Waals surface area contributed by atoms with Crippen LogP contribution < -0.4 is 10.6 Å². The van der Waals surface area contributed by atoms with E-state index < -0.39 is 0 Å². The van der Waals surface area contributed by atoms with Gasteiger partial charge in [0.25, 0.3) is 0 Å². The largest absolute Gasteiger partial charge is 0.368 e. The van der Waals surface area contributed by atoms with E-state index in [1.165, 1.54) is 0 Å². The molecule has 0 saturated carbocycles. The Morgan fingerprint density at radius 2 is 2.30 bits per heavy atom. The number of hydrogen-bond donors (Lipinski definition) is 2. The van der Waals surface area contributed by atoms with Crippen LogP contribution in [0.1, 0.15) is 31.0 Å². The third kappa shape index (κ3) is 3.21. The van der Waals surface area contributed by atoms with E-state index in [0.29, 0.717) is 12.4 Å². The highest BCUT2D eigenvalue weighted by atomic mass is 16.5. The molecule has 124 valence electrons. The maximum absolute atomic E-state index is 12.3. The first-order valence-corrected chi connectivity index (χ1v) is 7.77. The predicted molar refractivity (Wildman–Crippen MR) is 85.0 cm³/mol. The average molecular weight is 318 g/mol. The van der Waals surface area contributed by atoms with Crippen molar-refractivity contribution >= 4 is 11.8 Å². The van der Waals surface area contributed by atoms with Gasteiger partial charge in [0.15, 0.2) is 0 Å². The summed E-state index contributed by atoms with van der Waals surface area (Å²) in [6.07, 6.45) is 4.97. The van der Waals surface area contributed by atoms with Crippen molar-refractivity contribution in [3.8, 4) is 0 Å². The number of ether oxygens (including phenoxy) is 1. The number of imidazole rings is 1. The standard InChI is InChI=1S/C15H22N6O2/c1-4-10-9-12(21(3)19-10)18-15(22)17-11-5-8-23-13(11)14-16-6-7-20(14)2/h6-7,9,11,13H,4-5,8H2,1-3H3,(H2,17,18,22)/t11-,13-/m0/s1. The molecule has 0 aliphatic carbocycles. The fourth-order valence-corrected chi connectivity index (χ4v) is 2.78. The van der Waals surface area contributed by atoms with Gasteiger partial charge in [-0.1, -0.05) is 6.92 Å². The van der Waals surface area contributed by atoms with Crippen molar-refractivity contribution in [2.24, 2.45) is 14.1 Å². The van der Waals surface area contributed by atoms with Crippen molar-refractivity contribution in [1.29, 1.82) is 0 Å². The van der Waals surface area contributed by atoms with Crippen molar-refractivity contribution < 1.29 is 9.53 Å². The highest BCUT2D eigenvalue weighted by molar-refractivity contribution is 5.88. The molecule has 8 heteroatoms. The first kappa shape index (κ1) is 15.5. The van der Waals surface area contributed by atoms with Gasteiger partial charge in [0.2, 0.25) is 0 Å². The Kier molecular flexibility index (Phi) is 4.33. The summed E-state index contributed by atoms with van der Waals surface area (Å²) in [6.45, 7) is 2.63. The first-order valence-electron chi connectivity index (χ1n) is 7.77. The second-order valence-corrected chi connectivity index (χ2v) is 5.68. The summed E-state index contributed by atoms with van der Waals surface area (Å²) in [6, 6.07) is 1.52. The van der Waals surface area contributed by atoms with E-state index in [1.807, 2.05) is 37.8 Å². The predicted octanol–water partition coefficient (Wildman–Crippen LogP) is 1.37. The van der Waals surface area contributed by atoms with Crippen molar-refractivity contribution in [3.05, 3.63) is 30.0 Å². The number of hydrogen-bond acceptors (Lipinski definition) is 4. The Morgan fingerprint density at radius 1 is 1.48 bits per heavy atom. The molecule has 0 unspecified atom stereocenters. The van der Waals surface area contributed by atoms with Gasteiger partial charge in [0.05, 0.1) is 11.7 Å². The summed E-state index contributed by atoms with van der Waals surface area (Å²) in [5, 5.41) is 10.1. The molecule has 3 heterocycles. The number of aromatic nitrogens is 4. The molecule has 2 amide bonds. The van der Waals surface area contributed by atoms with Crippen molar-refractivity contribution in [1.82, 2.24) is 24.6 Å².